The predicted octanol–water partition coefficient (Wildman–Crippen LogP) is 1.49. The largest absolute Gasteiger partial charge is 0.496 e. The lowest BCUT2D eigenvalue weighted by Gasteiger charge is -2.20. The standard InChI is InChI=1S/C13H19NO5S/c1-4-14(8-7-13(15)16)20(17,18)11-5-6-12(19-3)10(2)9-11/h5-6,9H,4,7-8H2,1-3H3,(H,15,16). The molecule has 0 aliphatic carbocycles. The van der Waals surface area contributed by atoms with Gasteiger partial charge in [-0.25, -0.2) is 8.42 Å². The Morgan fingerprint density at radius 1 is 1.40 bits per heavy atom. The number of hydrogen-bond acceptors (Lipinski definition) is 4. The molecular weight excluding hydrogens is 282 g/mol. The zero-order valence-electron chi connectivity index (χ0n) is 11.8. The van der Waals surface area contributed by atoms with Gasteiger partial charge in [-0.3, -0.25) is 4.79 Å². The number of aliphatic carboxylic acids is 1. The minimum Gasteiger partial charge on any atom is -0.496 e. The van der Waals surface area contributed by atoms with Crippen molar-refractivity contribution in [1.82, 2.24) is 4.31 Å². The summed E-state index contributed by atoms with van der Waals surface area (Å²) in [7, 11) is -2.16. The average Bonchev–Trinajstić information content (AvgIpc) is 2.38. The van der Waals surface area contributed by atoms with E-state index in [0.717, 1.165) is 4.31 Å². The van der Waals surface area contributed by atoms with Crippen LogP contribution in [0.25, 0.3) is 0 Å². The molecule has 6 nitrogen and oxygen atoms in total. The van der Waals surface area contributed by atoms with E-state index in [0.29, 0.717) is 11.3 Å². The fourth-order valence-corrected chi connectivity index (χ4v) is 3.36. The molecule has 0 amide bonds. The number of benzene rings is 1. The van der Waals surface area contributed by atoms with E-state index in [1.165, 1.54) is 19.2 Å². The van der Waals surface area contributed by atoms with Gasteiger partial charge in [0.1, 0.15) is 5.75 Å². The van der Waals surface area contributed by atoms with E-state index >= 15 is 0 Å². The lowest BCUT2D eigenvalue weighted by molar-refractivity contribution is -0.137. The molecule has 7 heteroatoms. The first-order valence-electron chi connectivity index (χ1n) is 6.19. The van der Waals surface area contributed by atoms with Crippen molar-refractivity contribution < 1.29 is 23.1 Å². The second kappa shape index (κ2) is 6.71. The van der Waals surface area contributed by atoms with Crippen LogP contribution in [-0.2, 0) is 14.8 Å². The number of hydrogen-bond donors (Lipinski definition) is 1. The van der Waals surface area contributed by atoms with Gasteiger partial charge < -0.3 is 9.84 Å². The summed E-state index contributed by atoms with van der Waals surface area (Å²) < 4.78 is 31.1. The van der Waals surface area contributed by atoms with Gasteiger partial charge in [-0.05, 0) is 30.7 Å². The van der Waals surface area contributed by atoms with E-state index in [4.69, 9.17) is 9.84 Å². The molecule has 0 unspecified atom stereocenters. The molecule has 0 spiro atoms. The lowest BCUT2D eigenvalue weighted by Crippen LogP contribution is -2.33. The van der Waals surface area contributed by atoms with Gasteiger partial charge in [0.2, 0.25) is 10.0 Å². The zero-order valence-corrected chi connectivity index (χ0v) is 12.6. The fraction of sp³-hybridized carbons (Fsp3) is 0.462. The summed E-state index contributed by atoms with van der Waals surface area (Å²) in [5.41, 5.74) is 0.711. The molecule has 0 aliphatic heterocycles. The summed E-state index contributed by atoms with van der Waals surface area (Å²) >= 11 is 0. The highest BCUT2D eigenvalue weighted by Gasteiger charge is 2.24. The predicted molar refractivity (Wildman–Crippen MR) is 74.4 cm³/mol. The van der Waals surface area contributed by atoms with Crippen molar-refractivity contribution in [2.24, 2.45) is 0 Å². The maximum atomic E-state index is 12.4. The quantitative estimate of drug-likeness (QED) is 0.825. The third-order valence-electron chi connectivity index (χ3n) is 2.93. The van der Waals surface area contributed by atoms with Crippen molar-refractivity contribution in [3.63, 3.8) is 0 Å². The van der Waals surface area contributed by atoms with E-state index in [1.54, 1.807) is 19.9 Å². The number of rotatable bonds is 7. The van der Waals surface area contributed by atoms with E-state index in [9.17, 15) is 13.2 Å². The molecule has 0 fully saturated rings. The normalized spacial score (nSPS) is 11.6. The SMILES string of the molecule is CCN(CCC(=O)O)S(=O)(=O)c1ccc(OC)c(C)c1. The van der Waals surface area contributed by atoms with Crippen molar-refractivity contribution in [2.75, 3.05) is 20.2 Å². The van der Waals surface area contributed by atoms with Gasteiger partial charge in [0.15, 0.2) is 0 Å². The minimum atomic E-state index is -3.68. The van der Waals surface area contributed by atoms with Crippen molar-refractivity contribution in [3.05, 3.63) is 23.8 Å². The number of carboxylic acid groups (broad SMARTS) is 1. The first kappa shape index (κ1) is 16.5. The van der Waals surface area contributed by atoms with E-state index in [1.807, 2.05) is 0 Å². The smallest absolute Gasteiger partial charge is 0.304 e. The molecule has 0 aromatic heterocycles. The third kappa shape index (κ3) is 3.71. The highest BCUT2D eigenvalue weighted by molar-refractivity contribution is 7.89. The second-order valence-corrected chi connectivity index (χ2v) is 6.21. The van der Waals surface area contributed by atoms with Gasteiger partial charge in [-0.15, -0.1) is 0 Å². The molecule has 0 heterocycles. The van der Waals surface area contributed by atoms with Crippen LogP contribution in [0.5, 0.6) is 5.75 Å². The molecule has 20 heavy (non-hydrogen) atoms. The Morgan fingerprint density at radius 3 is 2.50 bits per heavy atom. The Morgan fingerprint density at radius 2 is 2.05 bits per heavy atom. The number of sulfonamides is 1. The minimum absolute atomic E-state index is 0.0424. The van der Waals surface area contributed by atoms with Gasteiger partial charge >= 0.3 is 5.97 Å². The molecule has 1 N–H and O–H groups in total. The summed E-state index contributed by atoms with van der Waals surface area (Å²) in [6.07, 6.45) is -0.220. The number of methoxy groups -OCH3 is 1. The summed E-state index contributed by atoms with van der Waals surface area (Å²) in [6.45, 7) is 3.61. The van der Waals surface area contributed by atoms with Crippen LogP contribution in [0.4, 0.5) is 0 Å². The maximum absolute atomic E-state index is 12.4. The van der Waals surface area contributed by atoms with Crippen LogP contribution in [0.1, 0.15) is 18.9 Å². The van der Waals surface area contributed by atoms with Crippen molar-refractivity contribution in [1.29, 1.82) is 0 Å². The molecular formula is C13H19NO5S. The Balaban J connectivity index is 3.07. The van der Waals surface area contributed by atoms with Crippen molar-refractivity contribution in [3.8, 4) is 5.75 Å². The molecule has 1 aromatic carbocycles. The monoisotopic (exact) mass is 301 g/mol. The first-order chi connectivity index (χ1) is 9.32. The Kier molecular flexibility index (Phi) is 5.52. The molecule has 0 aliphatic rings. The number of ether oxygens (including phenoxy) is 1. The van der Waals surface area contributed by atoms with E-state index in [2.05, 4.69) is 0 Å². The molecule has 1 rings (SSSR count). The van der Waals surface area contributed by atoms with Crippen LogP contribution >= 0.6 is 0 Å². The zero-order chi connectivity index (χ0) is 15.3. The summed E-state index contributed by atoms with van der Waals surface area (Å²) in [4.78, 5) is 10.7. The molecule has 0 bridgehead atoms. The molecule has 112 valence electrons. The van der Waals surface area contributed by atoms with Crippen LogP contribution in [0, 0.1) is 6.92 Å². The fourth-order valence-electron chi connectivity index (χ4n) is 1.83. The molecule has 0 atom stereocenters. The second-order valence-electron chi connectivity index (χ2n) is 4.27. The summed E-state index contributed by atoms with van der Waals surface area (Å²) in [6, 6.07) is 4.58. The number of nitrogens with zero attached hydrogens (tertiary/aromatic N) is 1. The Labute approximate surface area is 119 Å². The third-order valence-corrected chi connectivity index (χ3v) is 4.90. The van der Waals surface area contributed by atoms with Gasteiger partial charge in [-0.1, -0.05) is 6.92 Å². The molecule has 0 saturated carbocycles. The van der Waals surface area contributed by atoms with Gasteiger partial charge in [0, 0.05) is 13.1 Å². The highest BCUT2D eigenvalue weighted by atomic mass is 32.2. The van der Waals surface area contributed by atoms with Gasteiger partial charge in [0.25, 0.3) is 0 Å². The highest BCUT2D eigenvalue weighted by Crippen LogP contribution is 2.23. The van der Waals surface area contributed by atoms with Gasteiger partial charge in [-0.2, -0.15) is 4.31 Å². The lowest BCUT2D eigenvalue weighted by atomic mass is 10.2. The first-order valence-corrected chi connectivity index (χ1v) is 7.63. The Hall–Kier alpha value is -1.60. The molecule has 1 aromatic rings. The molecule has 0 radical (unpaired) electrons. The van der Waals surface area contributed by atoms with Crippen LogP contribution in [0.2, 0.25) is 0 Å². The summed E-state index contributed by atoms with van der Waals surface area (Å²) in [5, 5.41) is 8.67. The van der Waals surface area contributed by atoms with Crippen LogP contribution in [0.3, 0.4) is 0 Å². The van der Waals surface area contributed by atoms with Crippen LogP contribution in [-0.4, -0.2) is 44.0 Å². The summed E-state index contributed by atoms with van der Waals surface area (Å²) in [5.74, 6) is -0.415. The number of carbonyl (C=O) groups is 1. The van der Waals surface area contributed by atoms with Crippen LogP contribution in [0.15, 0.2) is 23.1 Å². The van der Waals surface area contributed by atoms with E-state index in [-0.39, 0.29) is 24.4 Å². The maximum Gasteiger partial charge on any atom is 0.304 e. The number of aryl methyl sites for hydroxylation is 1. The van der Waals surface area contributed by atoms with Gasteiger partial charge in [0.05, 0.1) is 18.4 Å². The topological polar surface area (TPSA) is 83.9 Å². The van der Waals surface area contributed by atoms with Crippen molar-refractivity contribution in [2.45, 2.75) is 25.2 Å². The van der Waals surface area contributed by atoms with Crippen molar-refractivity contribution >= 4 is 16.0 Å². The average molecular weight is 301 g/mol. The van der Waals surface area contributed by atoms with E-state index < -0.39 is 16.0 Å². The number of carboxylic acids is 1. The Bertz CT molecular complexity index is 582. The van der Waals surface area contributed by atoms with Crippen LogP contribution < -0.4 is 4.74 Å². The molecule has 0 saturated heterocycles.